The largest absolute Gasteiger partial charge is 0.259 e. The Hall–Kier alpha value is 0.0600. The highest BCUT2D eigenvalue weighted by molar-refractivity contribution is 7.90. The van der Waals surface area contributed by atoms with Gasteiger partial charge in [-0.15, -0.1) is 0 Å². The molecule has 3 atom stereocenters. The van der Waals surface area contributed by atoms with Crippen molar-refractivity contribution in [3.05, 3.63) is 0 Å². The zero-order valence-electron chi connectivity index (χ0n) is 9.05. The minimum Gasteiger partial charge on any atom is -0.259 e. The zero-order valence-corrected chi connectivity index (χ0v) is 10.7. The van der Waals surface area contributed by atoms with Gasteiger partial charge in [0.25, 0.3) is 0 Å². The van der Waals surface area contributed by atoms with Gasteiger partial charge in [-0.3, -0.25) is 4.21 Å². The third-order valence-electron chi connectivity index (χ3n) is 3.33. The quantitative estimate of drug-likeness (QED) is 0.710. The Morgan fingerprint density at radius 1 is 1.27 bits per heavy atom. The van der Waals surface area contributed by atoms with Crippen LogP contribution in [0.3, 0.4) is 0 Å². The molecule has 0 aromatic carbocycles. The first-order valence-corrected chi connectivity index (χ1v) is 8.21. The van der Waals surface area contributed by atoms with Gasteiger partial charge < -0.3 is 0 Å². The highest BCUT2D eigenvalue weighted by Gasteiger charge is 2.45. The van der Waals surface area contributed by atoms with Crippen LogP contribution < -0.4 is 0 Å². The minimum absolute atomic E-state index is 0.0488. The maximum absolute atomic E-state index is 12.0. The molecule has 2 aliphatic rings. The van der Waals surface area contributed by atoms with Gasteiger partial charge in [0, 0.05) is 34.4 Å². The van der Waals surface area contributed by atoms with Crippen LogP contribution in [0.1, 0.15) is 26.7 Å². The van der Waals surface area contributed by atoms with Crippen molar-refractivity contribution < 1.29 is 12.6 Å². The van der Waals surface area contributed by atoms with E-state index >= 15 is 0 Å². The Balaban J connectivity index is 2.20. The Bertz CT molecular complexity index is 375. The van der Waals surface area contributed by atoms with Crippen LogP contribution in [0.25, 0.3) is 0 Å². The molecule has 1 aliphatic carbocycles. The molecular formula is C9H17NO3S2. The van der Waals surface area contributed by atoms with Crippen LogP contribution in [-0.2, 0) is 20.8 Å². The molecule has 3 unspecified atom stereocenters. The second-order valence-corrected chi connectivity index (χ2v) is 8.46. The molecule has 0 amide bonds. The van der Waals surface area contributed by atoms with Gasteiger partial charge in [0.15, 0.2) is 0 Å². The average molecular weight is 251 g/mol. The lowest BCUT2D eigenvalue weighted by atomic mass is 10.2. The third kappa shape index (κ3) is 1.99. The number of rotatable bonds is 2. The highest BCUT2D eigenvalue weighted by Crippen LogP contribution is 2.33. The van der Waals surface area contributed by atoms with Gasteiger partial charge in [0.1, 0.15) is 0 Å². The standard InChI is InChI=1S/C9H17NO3S2/c1-7-8(2)14(11)6-5-10(7)15(12,13)9-3-4-9/h7-9H,3-6H2,1-2H3. The number of hydrogen-bond donors (Lipinski definition) is 0. The first-order valence-electron chi connectivity index (χ1n) is 5.32. The Morgan fingerprint density at radius 3 is 2.40 bits per heavy atom. The van der Waals surface area contributed by atoms with Crippen molar-refractivity contribution in [1.82, 2.24) is 4.31 Å². The molecule has 0 aromatic rings. The third-order valence-corrected chi connectivity index (χ3v) is 7.62. The van der Waals surface area contributed by atoms with E-state index in [4.69, 9.17) is 0 Å². The van der Waals surface area contributed by atoms with E-state index in [9.17, 15) is 12.6 Å². The summed E-state index contributed by atoms with van der Waals surface area (Å²) >= 11 is 0. The Kier molecular flexibility index (Phi) is 2.94. The summed E-state index contributed by atoms with van der Waals surface area (Å²) in [6.07, 6.45) is 1.59. The van der Waals surface area contributed by atoms with Gasteiger partial charge in [0.2, 0.25) is 10.0 Å². The van der Waals surface area contributed by atoms with Gasteiger partial charge in [-0.1, -0.05) is 0 Å². The van der Waals surface area contributed by atoms with E-state index in [2.05, 4.69) is 0 Å². The number of hydrogen-bond acceptors (Lipinski definition) is 3. The van der Waals surface area contributed by atoms with Crippen LogP contribution in [0.2, 0.25) is 0 Å². The van der Waals surface area contributed by atoms with Gasteiger partial charge in [-0.25, -0.2) is 8.42 Å². The summed E-state index contributed by atoms with van der Waals surface area (Å²) in [5.74, 6) is 0.484. The topological polar surface area (TPSA) is 54.5 Å². The Morgan fingerprint density at radius 2 is 1.87 bits per heavy atom. The second kappa shape index (κ2) is 3.82. The molecule has 1 aliphatic heterocycles. The summed E-state index contributed by atoms with van der Waals surface area (Å²) in [5, 5.41) is -0.203. The molecule has 0 spiro atoms. The van der Waals surface area contributed by atoms with E-state index in [1.807, 2.05) is 13.8 Å². The zero-order chi connectivity index (χ0) is 11.2. The molecule has 1 saturated heterocycles. The van der Waals surface area contributed by atoms with Gasteiger partial charge in [-0.2, -0.15) is 4.31 Å². The van der Waals surface area contributed by atoms with Crippen molar-refractivity contribution in [3.8, 4) is 0 Å². The molecule has 1 heterocycles. The monoisotopic (exact) mass is 251 g/mol. The van der Waals surface area contributed by atoms with Crippen LogP contribution in [0, 0.1) is 0 Å². The van der Waals surface area contributed by atoms with Gasteiger partial charge in [-0.05, 0) is 26.7 Å². The maximum Gasteiger partial charge on any atom is 0.217 e. The van der Waals surface area contributed by atoms with Crippen LogP contribution in [-0.4, -0.2) is 45.8 Å². The van der Waals surface area contributed by atoms with Gasteiger partial charge >= 0.3 is 0 Å². The lowest BCUT2D eigenvalue weighted by Gasteiger charge is -2.36. The summed E-state index contributed by atoms with van der Waals surface area (Å²) in [4.78, 5) is 0. The van der Waals surface area contributed by atoms with Crippen LogP contribution >= 0.6 is 0 Å². The molecule has 0 N–H and O–H groups in total. The van der Waals surface area contributed by atoms with E-state index in [-0.39, 0.29) is 16.5 Å². The lowest BCUT2D eigenvalue weighted by Crippen LogP contribution is -2.53. The summed E-state index contributed by atoms with van der Waals surface area (Å²) in [7, 11) is -3.96. The molecule has 0 radical (unpaired) electrons. The molecular weight excluding hydrogens is 234 g/mol. The van der Waals surface area contributed by atoms with Crippen molar-refractivity contribution >= 4 is 20.8 Å². The summed E-state index contributed by atoms with van der Waals surface area (Å²) in [6.45, 7) is 4.16. The molecule has 15 heavy (non-hydrogen) atoms. The lowest BCUT2D eigenvalue weighted by molar-refractivity contribution is 0.334. The smallest absolute Gasteiger partial charge is 0.217 e. The van der Waals surface area contributed by atoms with E-state index in [1.54, 1.807) is 4.31 Å². The molecule has 2 fully saturated rings. The number of sulfonamides is 1. The van der Waals surface area contributed by atoms with Crippen molar-refractivity contribution in [2.24, 2.45) is 0 Å². The molecule has 2 rings (SSSR count). The maximum atomic E-state index is 12.0. The van der Waals surface area contributed by atoms with E-state index < -0.39 is 20.8 Å². The van der Waals surface area contributed by atoms with Crippen molar-refractivity contribution in [3.63, 3.8) is 0 Å². The fourth-order valence-corrected chi connectivity index (χ4v) is 5.57. The molecule has 6 heteroatoms. The number of nitrogens with zero attached hydrogens (tertiary/aromatic N) is 1. The molecule has 1 saturated carbocycles. The van der Waals surface area contributed by atoms with E-state index in [0.717, 1.165) is 12.8 Å². The average Bonchev–Trinajstić information content (AvgIpc) is 2.97. The molecule has 0 bridgehead atoms. The fourth-order valence-electron chi connectivity index (χ4n) is 1.94. The highest BCUT2D eigenvalue weighted by atomic mass is 32.2. The molecule has 4 nitrogen and oxygen atoms in total. The predicted molar refractivity (Wildman–Crippen MR) is 60.6 cm³/mol. The van der Waals surface area contributed by atoms with Crippen molar-refractivity contribution in [2.45, 2.75) is 43.2 Å². The molecule has 88 valence electrons. The summed E-state index contributed by atoms with van der Waals surface area (Å²) in [5.41, 5.74) is 0. The molecule has 0 aromatic heterocycles. The van der Waals surface area contributed by atoms with Crippen LogP contribution in [0.5, 0.6) is 0 Å². The summed E-state index contributed by atoms with van der Waals surface area (Å²) < 4.78 is 37.2. The second-order valence-electron chi connectivity index (χ2n) is 4.39. The summed E-state index contributed by atoms with van der Waals surface area (Å²) in [6, 6.07) is -0.120. The SMILES string of the molecule is CC1C(C)S(=O)CCN1S(=O)(=O)C1CC1. The predicted octanol–water partition coefficient (Wildman–Crippen LogP) is 0.320. The normalized spacial score (nSPS) is 39.2. The first kappa shape index (κ1) is 11.5. The van der Waals surface area contributed by atoms with Crippen molar-refractivity contribution in [1.29, 1.82) is 0 Å². The first-order chi connectivity index (χ1) is 6.94. The van der Waals surface area contributed by atoms with Crippen LogP contribution in [0.4, 0.5) is 0 Å². The minimum atomic E-state index is -3.10. The van der Waals surface area contributed by atoms with Gasteiger partial charge in [0.05, 0.1) is 5.25 Å². The Labute approximate surface area is 93.5 Å². The van der Waals surface area contributed by atoms with Crippen LogP contribution in [0.15, 0.2) is 0 Å². The van der Waals surface area contributed by atoms with Crippen molar-refractivity contribution in [2.75, 3.05) is 12.3 Å². The van der Waals surface area contributed by atoms with E-state index in [1.165, 1.54) is 0 Å². The fraction of sp³-hybridized carbons (Fsp3) is 1.00. The van der Waals surface area contributed by atoms with E-state index in [0.29, 0.717) is 12.3 Å².